The number of pyridine rings is 1. The van der Waals surface area contributed by atoms with E-state index in [0.29, 0.717) is 18.0 Å². The van der Waals surface area contributed by atoms with Crippen LogP contribution in [0.25, 0.3) is 10.9 Å². The second-order valence-electron chi connectivity index (χ2n) is 11.9. The van der Waals surface area contributed by atoms with Gasteiger partial charge in [0.25, 0.3) is 0 Å². The second kappa shape index (κ2) is 12.6. The van der Waals surface area contributed by atoms with Gasteiger partial charge in [-0.05, 0) is 54.6 Å². The van der Waals surface area contributed by atoms with Crippen LogP contribution in [0.3, 0.4) is 0 Å². The van der Waals surface area contributed by atoms with E-state index in [1.165, 1.54) is 46.3 Å². The van der Waals surface area contributed by atoms with E-state index < -0.39 is 33.4 Å². The van der Waals surface area contributed by atoms with E-state index in [1.807, 2.05) is 6.20 Å². The van der Waals surface area contributed by atoms with Gasteiger partial charge < -0.3 is 14.4 Å². The predicted octanol–water partition coefficient (Wildman–Crippen LogP) is 7.53. The van der Waals surface area contributed by atoms with Crippen LogP contribution in [-0.4, -0.2) is 61.5 Å². The summed E-state index contributed by atoms with van der Waals surface area (Å²) >= 11 is 0. The van der Waals surface area contributed by atoms with Crippen LogP contribution >= 0.6 is 0 Å². The van der Waals surface area contributed by atoms with Crippen molar-refractivity contribution in [2.24, 2.45) is 7.05 Å². The van der Waals surface area contributed by atoms with Crippen molar-refractivity contribution in [3.63, 3.8) is 0 Å². The number of alkyl halides is 5. The zero-order valence-electron chi connectivity index (χ0n) is 25.2. The highest BCUT2D eigenvalue weighted by Gasteiger charge is 2.36. The molecule has 240 valence electrons. The van der Waals surface area contributed by atoms with Gasteiger partial charge in [0.1, 0.15) is 19.0 Å². The summed E-state index contributed by atoms with van der Waals surface area (Å²) in [5.74, 6) is -0.115. The van der Waals surface area contributed by atoms with E-state index in [-0.39, 0.29) is 36.1 Å². The minimum Gasteiger partial charge on any atom is -0.435 e. The lowest BCUT2D eigenvalue weighted by Gasteiger charge is -2.37. The van der Waals surface area contributed by atoms with E-state index in [1.54, 1.807) is 29.9 Å². The molecule has 9 nitrogen and oxygen atoms in total. The fraction of sp³-hybridized carbons (Fsp3) is 0.367. The van der Waals surface area contributed by atoms with Gasteiger partial charge in [0.05, 0.1) is 41.0 Å². The Morgan fingerprint density at radius 3 is 2.42 bits per heavy atom. The molecule has 0 bridgehead atoms. The van der Waals surface area contributed by atoms with Crippen molar-refractivity contribution >= 4 is 47.8 Å². The van der Waals surface area contributed by atoms with Crippen LogP contribution in [0, 0.1) is 0 Å². The van der Waals surface area contributed by atoms with E-state index in [2.05, 4.69) is 34.5 Å². The third-order valence-corrected chi connectivity index (χ3v) is 8.82. The van der Waals surface area contributed by atoms with E-state index in [9.17, 15) is 26.7 Å². The second-order valence-corrected chi connectivity index (χ2v) is 17.6. The lowest BCUT2D eigenvalue weighted by Crippen LogP contribution is -2.45. The number of carbonyl (C=O) groups is 1. The van der Waals surface area contributed by atoms with Crippen LogP contribution in [0.4, 0.5) is 49.5 Å². The summed E-state index contributed by atoms with van der Waals surface area (Å²) < 4.78 is 78.3. The van der Waals surface area contributed by atoms with Gasteiger partial charge in [0, 0.05) is 39.0 Å². The van der Waals surface area contributed by atoms with Crippen molar-refractivity contribution in [2.75, 3.05) is 34.6 Å². The number of ether oxygens (including phenoxy) is 2. The Labute approximate surface area is 257 Å². The normalized spacial score (nSPS) is 14.0. The molecule has 0 spiro atoms. The minimum atomic E-state index is -4.53. The molecular formula is C30H33F5N6O3Si. The number of halogens is 5. The van der Waals surface area contributed by atoms with Crippen LogP contribution in [0.1, 0.15) is 5.69 Å². The van der Waals surface area contributed by atoms with E-state index in [4.69, 9.17) is 4.74 Å². The predicted molar refractivity (Wildman–Crippen MR) is 164 cm³/mol. The number of hydrogen-bond donors (Lipinski definition) is 0. The molecule has 0 saturated carbocycles. The number of hydrogen-bond acceptors (Lipinski definition) is 6. The zero-order chi connectivity index (χ0) is 32.5. The maximum atomic E-state index is 14.1. The Bertz CT molecular complexity index is 1660. The highest BCUT2D eigenvalue weighted by molar-refractivity contribution is 6.76. The molecule has 0 N–H and O–H groups in total. The number of aromatic nitrogens is 3. The first-order chi connectivity index (χ1) is 21.2. The van der Waals surface area contributed by atoms with Gasteiger partial charge in [-0.1, -0.05) is 19.6 Å². The first-order valence-electron chi connectivity index (χ1n) is 14.2. The highest BCUT2D eigenvalue weighted by Crippen LogP contribution is 2.39. The lowest BCUT2D eigenvalue weighted by molar-refractivity contribution is -0.122. The van der Waals surface area contributed by atoms with Crippen LogP contribution < -0.4 is 19.4 Å². The fourth-order valence-electron chi connectivity index (χ4n) is 4.91. The van der Waals surface area contributed by atoms with Gasteiger partial charge in [0.15, 0.2) is 0 Å². The Morgan fingerprint density at radius 1 is 1.04 bits per heavy atom. The quantitative estimate of drug-likeness (QED) is 0.0725. The molecule has 1 aliphatic heterocycles. The maximum Gasteiger partial charge on any atom is 0.406 e. The standard InChI is InChI=1S/C30H33F5N6O3Si/c1-38-16-20-13-22(7-10-25(20)37-38)40-17-26-27(41(29(40)42)21-5-8-24(9-6-21)44-28(31)32)14-23(15-36-26)39(18-30(33,34)35)19-43-11-12-45(2,3)4/h5-10,13-16,28H,11-12,17-19H2,1-4H3. The van der Waals surface area contributed by atoms with Crippen molar-refractivity contribution in [3.05, 3.63) is 66.6 Å². The number of nitrogens with zero attached hydrogens (tertiary/aromatic N) is 6. The third kappa shape index (κ3) is 7.89. The topological polar surface area (TPSA) is 76.0 Å². The third-order valence-electron chi connectivity index (χ3n) is 7.12. The Morgan fingerprint density at radius 2 is 1.76 bits per heavy atom. The largest absolute Gasteiger partial charge is 0.435 e. The Balaban J connectivity index is 1.53. The highest BCUT2D eigenvalue weighted by atomic mass is 28.3. The van der Waals surface area contributed by atoms with Crippen LogP contribution in [0.5, 0.6) is 5.75 Å². The first-order valence-corrected chi connectivity index (χ1v) is 17.9. The SMILES string of the molecule is Cn1cc2cc(N3Cc4ncc(N(COCC[Si](C)(C)C)CC(F)(F)F)cc4N(c4ccc(OC(F)F)cc4)C3=O)ccc2n1. The van der Waals surface area contributed by atoms with Crippen LogP contribution in [0.15, 0.2) is 60.9 Å². The molecule has 0 saturated heterocycles. The monoisotopic (exact) mass is 648 g/mol. The summed E-state index contributed by atoms with van der Waals surface area (Å²) in [7, 11) is 0.310. The molecule has 0 radical (unpaired) electrons. The number of urea groups is 1. The van der Waals surface area contributed by atoms with Crippen molar-refractivity contribution in [3.8, 4) is 5.75 Å². The number of anilines is 4. The molecule has 0 atom stereocenters. The van der Waals surface area contributed by atoms with Crippen LogP contribution in [0.2, 0.25) is 25.7 Å². The summed E-state index contributed by atoms with van der Waals surface area (Å²) in [4.78, 5) is 22.5. The number of carbonyl (C=O) groups excluding carboxylic acids is 1. The summed E-state index contributed by atoms with van der Waals surface area (Å²) in [5.41, 5.74) is 2.35. The average molecular weight is 649 g/mol. The molecular weight excluding hydrogens is 615 g/mol. The van der Waals surface area contributed by atoms with E-state index >= 15 is 0 Å². The van der Waals surface area contributed by atoms with Gasteiger partial charge in [-0.25, -0.2) is 4.79 Å². The van der Waals surface area contributed by atoms with Gasteiger partial charge in [-0.15, -0.1) is 0 Å². The van der Waals surface area contributed by atoms with Crippen molar-refractivity contribution in [1.82, 2.24) is 14.8 Å². The summed E-state index contributed by atoms with van der Waals surface area (Å²) in [6, 6.07) is 12.5. The van der Waals surface area contributed by atoms with E-state index in [0.717, 1.165) is 21.8 Å². The lowest BCUT2D eigenvalue weighted by atomic mass is 10.1. The summed E-state index contributed by atoms with van der Waals surface area (Å²) in [6.45, 7) is 2.14. The van der Waals surface area contributed by atoms with Crippen molar-refractivity contribution in [1.29, 1.82) is 0 Å². The van der Waals surface area contributed by atoms with Crippen molar-refractivity contribution < 1.29 is 36.2 Å². The molecule has 2 amide bonds. The molecule has 0 unspecified atom stereocenters. The van der Waals surface area contributed by atoms with Gasteiger partial charge in [-0.2, -0.15) is 27.1 Å². The maximum absolute atomic E-state index is 14.1. The molecule has 0 fully saturated rings. The average Bonchev–Trinajstić information content (AvgIpc) is 3.32. The summed E-state index contributed by atoms with van der Waals surface area (Å²) in [6.07, 6.45) is -1.38. The molecule has 2 aromatic heterocycles. The number of benzene rings is 2. The minimum absolute atomic E-state index is 0.0370. The summed E-state index contributed by atoms with van der Waals surface area (Å²) in [5, 5.41) is 5.17. The molecule has 4 aromatic rings. The fourth-order valence-corrected chi connectivity index (χ4v) is 5.67. The molecule has 0 aliphatic carbocycles. The first kappa shape index (κ1) is 32.2. The van der Waals surface area contributed by atoms with Gasteiger partial charge in [-0.3, -0.25) is 19.5 Å². The van der Waals surface area contributed by atoms with Crippen LogP contribution in [-0.2, 0) is 18.3 Å². The van der Waals surface area contributed by atoms with Crippen molar-refractivity contribution in [2.45, 2.75) is 45.0 Å². The zero-order valence-corrected chi connectivity index (χ0v) is 26.2. The molecule has 1 aliphatic rings. The molecule has 3 heterocycles. The smallest absolute Gasteiger partial charge is 0.406 e. The number of fused-ring (bicyclic) bond motifs is 2. The molecule has 2 aromatic carbocycles. The molecule has 45 heavy (non-hydrogen) atoms. The van der Waals surface area contributed by atoms with Gasteiger partial charge >= 0.3 is 18.8 Å². The Kier molecular flexibility index (Phi) is 9.03. The molecule has 5 rings (SSSR count). The van der Waals surface area contributed by atoms with Gasteiger partial charge in [0.2, 0.25) is 0 Å². The number of aryl methyl sites for hydroxylation is 1. The Hall–Kier alpha value is -4.24. The number of amides is 2. The number of rotatable bonds is 11. The molecule has 15 heteroatoms.